The third-order valence-corrected chi connectivity index (χ3v) is 5.61. The maximum atomic E-state index is 10.2. The molecule has 4 heteroatoms. The number of hydrogen-bond donors (Lipinski definition) is 1. The monoisotopic (exact) mass is 392 g/mol. The van der Waals surface area contributed by atoms with Crippen LogP contribution in [-0.2, 0) is 12.8 Å². The molecule has 0 aliphatic carbocycles. The van der Waals surface area contributed by atoms with Crippen LogP contribution in [0.5, 0.6) is 0 Å². The molecule has 1 atom stereocenters. The molecule has 18 heavy (non-hydrogen) atoms. The molecule has 1 nitrogen and oxygen atoms in total. The van der Waals surface area contributed by atoms with E-state index in [4.69, 9.17) is 11.6 Å². The molecular formula is C14H14ClIOS. The fourth-order valence-corrected chi connectivity index (χ4v) is 3.27. The zero-order valence-corrected chi connectivity index (χ0v) is 13.7. The zero-order valence-electron chi connectivity index (χ0n) is 9.99. The maximum Gasteiger partial charge on any atom is 0.0838 e. The SMILES string of the molecule is CCc1ccc(CC(O)c2ccc(I)c(Cl)c2)s1. The molecular weight excluding hydrogens is 379 g/mol. The second-order valence-electron chi connectivity index (χ2n) is 4.12. The Morgan fingerprint density at radius 3 is 2.61 bits per heavy atom. The minimum absolute atomic E-state index is 0.483. The highest BCUT2D eigenvalue weighted by Gasteiger charge is 2.11. The molecule has 0 saturated heterocycles. The summed E-state index contributed by atoms with van der Waals surface area (Å²) >= 11 is 10.0. The number of aryl methyl sites for hydroxylation is 1. The van der Waals surface area contributed by atoms with Crippen molar-refractivity contribution in [2.75, 3.05) is 0 Å². The van der Waals surface area contributed by atoms with Gasteiger partial charge in [0.1, 0.15) is 0 Å². The van der Waals surface area contributed by atoms with Crippen molar-refractivity contribution in [1.82, 2.24) is 0 Å². The lowest BCUT2D eigenvalue weighted by atomic mass is 10.1. The Morgan fingerprint density at radius 2 is 2.00 bits per heavy atom. The fourth-order valence-electron chi connectivity index (χ4n) is 1.75. The van der Waals surface area contributed by atoms with Crippen molar-refractivity contribution in [1.29, 1.82) is 0 Å². The van der Waals surface area contributed by atoms with E-state index in [9.17, 15) is 5.11 Å². The molecule has 1 heterocycles. The summed E-state index contributed by atoms with van der Waals surface area (Å²) in [7, 11) is 0. The van der Waals surface area contributed by atoms with E-state index >= 15 is 0 Å². The quantitative estimate of drug-likeness (QED) is 0.738. The van der Waals surface area contributed by atoms with Gasteiger partial charge in [0.25, 0.3) is 0 Å². The van der Waals surface area contributed by atoms with Gasteiger partial charge in [-0.15, -0.1) is 11.3 Å². The number of rotatable bonds is 4. The molecule has 1 unspecified atom stereocenters. The Bertz CT molecular complexity index is 538. The van der Waals surface area contributed by atoms with Gasteiger partial charge in [0.15, 0.2) is 0 Å². The predicted molar refractivity (Wildman–Crippen MR) is 86.5 cm³/mol. The van der Waals surface area contributed by atoms with Crippen molar-refractivity contribution in [3.63, 3.8) is 0 Å². The molecule has 1 aromatic heterocycles. The average molecular weight is 393 g/mol. The van der Waals surface area contributed by atoms with Crippen molar-refractivity contribution < 1.29 is 5.11 Å². The van der Waals surface area contributed by atoms with Crippen LogP contribution in [-0.4, -0.2) is 5.11 Å². The Morgan fingerprint density at radius 1 is 1.28 bits per heavy atom. The highest BCUT2D eigenvalue weighted by molar-refractivity contribution is 14.1. The summed E-state index contributed by atoms with van der Waals surface area (Å²) in [5.74, 6) is 0. The van der Waals surface area contributed by atoms with E-state index in [1.54, 1.807) is 11.3 Å². The molecule has 2 aromatic rings. The molecule has 0 aliphatic rings. The second-order valence-corrected chi connectivity index (χ2v) is 6.94. The number of aliphatic hydroxyl groups excluding tert-OH is 1. The third-order valence-electron chi connectivity index (χ3n) is 2.79. The number of aliphatic hydroxyl groups is 1. The Labute approximate surface area is 130 Å². The molecule has 0 bridgehead atoms. The van der Waals surface area contributed by atoms with Crippen molar-refractivity contribution in [2.24, 2.45) is 0 Å². The molecule has 0 aliphatic heterocycles. The highest BCUT2D eigenvalue weighted by Crippen LogP contribution is 2.27. The molecule has 0 saturated carbocycles. The van der Waals surface area contributed by atoms with Gasteiger partial charge in [-0.05, 0) is 58.8 Å². The van der Waals surface area contributed by atoms with Gasteiger partial charge in [0.2, 0.25) is 0 Å². The van der Waals surface area contributed by atoms with Gasteiger partial charge in [0, 0.05) is 19.7 Å². The summed E-state index contributed by atoms with van der Waals surface area (Å²) in [6.45, 7) is 2.14. The van der Waals surface area contributed by atoms with Gasteiger partial charge in [0.05, 0.1) is 11.1 Å². The van der Waals surface area contributed by atoms with Crippen molar-refractivity contribution in [3.05, 3.63) is 54.2 Å². The average Bonchev–Trinajstić information content (AvgIpc) is 2.80. The van der Waals surface area contributed by atoms with Crippen molar-refractivity contribution in [2.45, 2.75) is 25.9 Å². The zero-order chi connectivity index (χ0) is 13.1. The lowest BCUT2D eigenvalue weighted by Crippen LogP contribution is -2.00. The van der Waals surface area contributed by atoms with Crippen LogP contribution in [0.3, 0.4) is 0 Å². The minimum atomic E-state index is -0.483. The Kier molecular flexibility index (Phi) is 5.06. The van der Waals surface area contributed by atoms with Gasteiger partial charge in [-0.2, -0.15) is 0 Å². The van der Waals surface area contributed by atoms with E-state index < -0.39 is 6.10 Å². The largest absolute Gasteiger partial charge is 0.388 e. The van der Waals surface area contributed by atoms with E-state index in [0.717, 1.165) is 15.6 Å². The van der Waals surface area contributed by atoms with Crippen LogP contribution < -0.4 is 0 Å². The Hall–Kier alpha value is -0.100. The topological polar surface area (TPSA) is 20.2 Å². The van der Waals surface area contributed by atoms with Crippen LogP contribution >= 0.6 is 45.5 Å². The van der Waals surface area contributed by atoms with Crippen LogP contribution in [0.25, 0.3) is 0 Å². The molecule has 0 radical (unpaired) electrons. The number of hydrogen-bond acceptors (Lipinski definition) is 2. The van der Waals surface area contributed by atoms with Crippen LogP contribution in [0.4, 0.5) is 0 Å². The fraction of sp³-hybridized carbons (Fsp3) is 0.286. The third kappa shape index (κ3) is 3.47. The summed E-state index contributed by atoms with van der Waals surface area (Å²) in [4.78, 5) is 2.58. The molecule has 0 fully saturated rings. The van der Waals surface area contributed by atoms with Gasteiger partial charge in [-0.3, -0.25) is 0 Å². The van der Waals surface area contributed by atoms with Gasteiger partial charge >= 0.3 is 0 Å². The van der Waals surface area contributed by atoms with E-state index in [0.29, 0.717) is 11.4 Å². The maximum absolute atomic E-state index is 10.2. The smallest absolute Gasteiger partial charge is 0.0838 e. The molecule has 2 rings (SSSR count). The second kappa shape index (κ2) is 6.37. The van der Waals surface area contributed by atoms with Gasteiger partial charge in [-0.25, -0.2) is 0 Å². The standard InChI is InChI=1S/C14H14ClIOS/c1-2-10-4-5-11(18-10)8-14(17)9-3-6-13(16)12(15)7-9/h3-7,14,17H,2,8H2,1H3. The molecule has 0 amide bonds. The Balaban J connectivity index is 2.11. The highest BCUT2D eigenvalue weighted by atomic mass is 127. The summed E-state index contributed by atoms with van der Waals surface area (Å²) in [6.07, 6.45) is 1.22. The lowest BCUT2D eigenvalue weighted by molar-refractivity contribution is 0.179. The van der Waals surface area contributed by atoms with E-state index in [-0.39, 0.29) is 0 Å². The number of halogens is 2. The first-order chi connectivity index (χ1) is 8.60. The van der Waals surface area contributed by atoms with Crippen molar-refractivity contribution in [3.8, 4) is 0 Å². The number of benzene rings is 1. The summed E-state index contributed by atoms with van der Waals surface area (Å²) < 4.78 is 1.01. The number of thiophene rings is 1. The van der Waals surface area contributed by atoms with Gasteiger partial charge < -0.3 is 5.11 Å². The van der Waals surface area contributed by atoms with Crippen LogP contribution in [0, 0.1) is 3.57 Å². The van der Waals surface area contributed by atoms with E-state index in [2.05, 4.69) is 41.6 Å². The van der Waals surface area contributed by atoms with Crippen LogP contribution in [0.1, 0.15) is 28.3 Å². The predicted octanol–water partition coefficient (Wildman–Crippen LogP) is 4.84. The van der Waals surface area contributed by atoms with Crippen LogP contribution in [0.15, 0.2) is 30.3 Å². The summed E-state index contributed by atoms with van der Waals surface area (Å²) in [6, 6.07) is 9.96. The molecule has 0 spiro atoms. The first-order valence-corrected chi connectivity index (χ1v) is 8.08. The van der Waals surface area contributed by atoms with E-state index in [1.807, 2.05) is 18.2 Å². The van der Waals surface area contributed by atoms with E-state index in [1.165, 1.54) is 9.75 Å². The molecule has 1 N–H and O–H groups in total. The summed E-state index contributed by atoms with van der Waals surface area (Å²) in [5, 5.41) is 10.9. The molecule has 96 valence electrons. The first kappa shape index (κ1) is 14.3. The van der Waals surface area contributed by atoms with Crippen LogP contribution in [0.2, 0.25) is 5.02 Å². The molecule has 1 aromatic carbocycles. The van der Waals surface area contributed by atoms with Gasteiger partial charge in [-0.1, -0.05) is 24.6 Å². The van der Waals surface area contributed by atoms with Crippen molar-refractivity contribution >= 4 is 45.5 Å². The lowest BCUT2D eigenvalue weighted by Gasteiger charge is -2.10. The minimum Gasteiger partial charge on any atom is -0.388 e. The first-order valence-electron chi connectivity index (χ1n) is 5.80. The normalized spacial score (nSPS) is 12.7. The summed E-state index contributed by atoms with van der Waals surface area (Å²) in [5.41, 5.74) is 0.881.